The van der Waals surface area contributed by atoms with Crippen molar-refractivity contribution in [1.29, 1.82) is 0 Å². The molecular formula is C12H14N2O4S3. The van der Waals surface area contributed by atoms with Gasteiger partial charge in [0.1, 0.15) is 4.70 Å². The minimum absolute atomic E-state index is 0.177. The number of hydrogen-bond acceptors (Lipinski definition) is 6. The fraction of sp³-hybridized carbons (Fsp3) is 0.417. The van der Waals surface area contributed by atoms with Gasteiger partial charge in [0.15, 0.2) is 5.16 Å². The number of thioether (sulfide) groups is 1. The van der Waals surface area contributed by atoms with Crippen molar-refractivity contribution in [3.63, 3.8) is 0 Å². The number of hydrogen-bond donors (Lipinski definition) is 1. The number of carboxylic acid groups (broad SMARTS) is 1. The second-order valence-corrected chi connectivity index (χ2v) is 7.81. The Morgan fingerprint density at radius 2 is 2.33 bits per heavy atom. The number of fused-ring (bicyclic) bond motifs is 1. The molecule has 0 saturated heterocycles. The van der Waals surface area contributed by atoms with Crippen molar-refractivity contribution in [1.82, 2.24) is 9.55 Å². The lowest BCUT2D eigenvalue weighted by Gasteiger charge is -2.17. The summed E-state index contributed by atoms with van der Waals surface area (Å²) < 4.78 is 13.4. The molecule has 0 aliphatic rings. The lowest BCUT2D eigenvalue weighted by atomic mass is 10.3. The quantitative estimate of drug-likeness (QED) is 0.631. The molecule has 114 valence electrons. The van der Waals surface area contributed by atoms with Crippen LogP contribution in [-0.4, -0.2) is 42.6 Å². The van der Waals surface area contributed by atoms with Crippen LogP contribution in [0.5, 0.6) is 0 Å². The van der Waals surface area contributed by atoms with Crippen LogP contribution in [0.2, 0.25) is 0 Å². The molecule has 2 heterocycles. The Morgan fingerprint density at radius 3 is 2.95 bits per heavy atom. The van der Waals surface area contributed by atoms with E-state index in [9.17, 15) is 13.8 Å². The van der Waals surface area contributed by atoms with Gasteiger partial charge in [0.25, 0.3) is 5.56 Å². The van der Waals surface area contributed by atoms with E-state index in [1.165, 1.54) is 15.9 Å². The van der Waals surface area contributed by atoms with E-state index in [0.29, 0.717) is 21.1 Å². The van der Waals surface area contributed by atoms with Gasteiger partial charge in [0, 0.05) is 28.9 Å². The Hall–Kier alpha value is -1.19. The summed E-state index contributed by atoms with van der Waals surface area (Å²) in [5.41, 5.74) is 0.361. The molecule has 2 rings (SSSR count). The monoisotopic (exact) mass is 346 g/mol. The first kappa shape index (κ1) is 16.2. The first-order valence-electron chi connectivity index (χ1n) is 6.04. The van der Waals surface area contributed by atoms with E-state index in [-0.39, 0.29) is 17.4 Å². The van der Waals surface area contributed by atoms with E-state index in [0.717, 1.165) is 11.8 Å². The molecule has 2 atom stereocenters. The molecule has 0 aromatic carbocycles. The Bertz CT molecular complexity index is 753. The first-order valence-corrected chi connectivity index (χ1v) is 9.63. The lowest BCUT2D eigenvalue weighted by molar-refractivity contribution is -0.133. The summed E-state index contributed by atoms with van der Waals surface area (Å²) in [6.45, 7) is 1.79. The van der Waals surface area contributed by atoms with Gasteiger partial charge in [-0.05, 0) is 18.4 Å². The Balaban J connectivity index is 2.54. The van der Waals surface area contributed by atoms with Crippen LogP contribution < -0.4 is 5.56 Å². The fourth-order valence-electron chi connectivity index (χ4n) is 1.93. The second kappa shape index (κ2) is 6.71. The molecule has 1 N–H and O–H groups in total. The van der Waals surface area contributed by atoms with Gasteiger partial charge < -0.3 is 5.11 Å². The average molecular weight is 346 g/mol. The first-order chi connectivity index (χ1) is 9.90. The number of thiophene rings is 1. The molecule has 0 fully saturated rings. The number of carbonyl (C=O) groups is 1. The van der Waals surface area contributed by atoms with Crippen LogP contribution in [0.1, 0.15) is 13.0 Å². The van der Waals surface area contributed by atoms with Crippen LogP contribution in [-0.2, 0) is 15.6 Å². The number of nitrogens with zero attached hydrogens (tertiary/aromatic N) is 2. The molecule has 2 unspecified atom stereocenters. The van der Waals surface area contributed by atoms with E-state index in [4.69, 9.17) is 5.11 Å². The van der Waals surface area contributed by atoms with E-state index in [1.807, 2.05) is 0 Å². The van der Waals surface area contributed by atoms with Crippen molar-refractivity contribution in [2.24, 2.45) is 0 Å². The van der Waals surface area contributed by atoms with Crippen LogP contribution in [0.25, 0.3) is 10.2 Å². The van der Waals surface area contributed by atoms with Gasteiger partial charge in [-0.15, -0.1) is 11.3 Å². The standard InChI is InChI=1S/C12H14N2O4S3/c1-7(6-21(2)18)14-11(17)10-8(3-4-19-10)13-12(14)20-5-9(15)16/h3-4,7H,5-6H2,1-2H3,(H,15,16). The summed E-state index contributed by atoms with van der Waals surface area (Å²) in [4.78, 5) is 27.7. The van der Waals surface area contributed by atoms with Crippen molar-refractivity contribution < 1.29 is 14.1 Å². The Labute approximate surface area is 131 Å². The van der Waals surface area contributed by atoms with Gasteiger partial charge in [0.05, 0.1) is 11.3 Å². The molecule has 21 heavy (non-hydrogen) atoms. The van der Waals surface area contributed by atoms with Crippen LogP contribution >= 0.6 is 23.1 Å². The molecule has 0 amide bonds. The molecule has 9 heteroatoms. The Morgan fingerprint density at radius 1 is 1.62 bits per heavy atom. The summed E-state index contributed by atoms with van der Waals surface area (Å²) in [5.74, 6) is -0.832. The molecule has 0 bridgehead atoms. The largest absolute Gasteiger partial charge is 0.481 e. The SMILES string of the molecule is CC(CS(C)=O)n1c(SCC(=O)O)nc2ccsc2c1=O. The summed E-state index contributed by atoms with van der Waals surface area (Å²) in [6.07, 6.45) is 1.57. The van der Waals surface area contributed by atoms with Gasteiger partial charge in [-0.2, -0.15) is 0 Å². The van der Waals surface area contributed by atoms with E-state index < -0.39 is 16.8 Å². The molecule has 6 nitrogen and oxygen atoms in total. The third-order valence-corrected chi connectivity index (χ3v) is 5.50. The normalized spacial score (nSPS) is 14.2. The summed E-state index contributed by atoms with van der Waals surface area (Å²) in [6, 6.07) is 1.43. The second-order valence-electron chi connectivity index (χ2n) is 4.48. The zero-order valence-corrected chi connectivity index (χ0v) is 13.9. The molecular weight excluding hydrogens is 332 g/mol. The van der Waals surface area contributed by atoms with Gasteiger partial charge >= 0.3 is 5.97 Å². The third-order valence-electron chi connectivity index (χ3n) is 2.72. The topological polar surface area (TPSA) is 89.3 Å². The fourth-order valence-corrected chi connectivity index (χ4v) is 4.35. The molecule has 2 aromatic rings. The van der Waals surface area contributed by atoms with Gasteiger partial charge in [-0.1, -0.05) is 11.8 Å². The highest BCUT2D eigenvalue weighted by molar-refractivity contribution is 7.99. The zero-order valence-electron chi connectivity index (χ0n) is 11.4. The van der Waals surface area contributed by atoms with Gasteiger partial charge in [-0.3, -0.25) is 18.4 Å². The number of rotatable bonds is 6. The highest BCUT2D eigenvalue weighted by Crippen LogP contribution is 2.23. The predicted molar refractivity (Wildman–Crippen MR) is 85.9 cm³/mol. The molecule has 0 radical (unpaired) electrons. The Kier molecular flexibility index (Phi) is 5.17. The van der Waals surface area contributed by atoms with E-state index in [1.54, 1.807) is 24.6 Å². The summed E-state index contributed by atoms with van der Waals surface area (Å²) in [7, 11) is -1.06. The van der Waals surface area contributed by atoms with Crippen LogP contribution in [0.4, 0.5) is 0 Å². The summed E-state index contributed by atoms with van der Waals surface area (Å²) in [5, 5.41) is 10.9. The van der Waals surface area contributed by atoms with Gasteiger partial charge in [-0.25, -0.2) is 4.98 Å². The van der Waals surface area contributed by atoms with Crippen molar-refractivity contribution in [2.45, 2.75) is 18.1 Å². The van der Waals surface area contributed by atoms with Crippen molar-refractivity contribution in [3.05, 3.63) is 21.8 Å². The molecule has 0 aliphatic heterocycles. The maximum absolute atomic E-state index is 12.6. The highest BCUT2D eigenvalue weighted by atomic mass is 32.2. The van der Waals surface area contributed by atoms with Crippen molar-refractivity contribution in [2.75, 3.05) is 17.8 Å². The van der Waals surface area contributed by atoms with Crippen molar-refractivity contribution >= 4 is 50.1 Å². The van der Waals surface area contributed by atoms with Gasteiger partial charge in [0.2, 0.25) is 0 Å². The number of carboxylic acids is 1. The molecule has 0 spiro atoms. The number of aromatic nitrogens is 2. The van der Waals surface area contributed by atoms with Crippen molar-refractivity contribution in [3.8, 4) is 0 Å². The molecule has 2 aromatic heterocycles. The minimum atomic E-state index is -1.06. The average Bonchev–Trinajstić information content (AvgIpc) is 2.83. The summed E-state index contributed by atoms with van der Waals surface area (Å²) >= 11 is 2.30. The molecule has 0 saturated carbocycles. The zero-order chi connectivity index (χ0) is 15.6. The van der Waals surface area contributed by atoms with Crippen LogP contribution in [0, 0.1) is 0 Å². The highest BCUT2D eigenvalue weighted by Gasteiger charge is 2.18. The molecule has 0 aliphatic carbocycles. The van der Waals surface area contributed by atoms with E-state index in [2.05, 4.69) is 4.98 Å². The minimum Gasteiger partial charge on any atom is -0.481 e. The smallest absolute Gasteiger partial charge is 0.313 e. The maximum Gasteiger partial charge on any atom is 0.313 e. The number of aliphatic carboxylic acids is 1. The predicted octanol–water partition coefficient (Wildman–Crippen LogP) is 1.57. The van der Waals surface area contributed by atoms with Crippen LogP contribution in [0.3, 0.4) is 0 Å². The third kappa shape index (κ3) is 3.72. The lowest BCUT2D eigenvalue weighted by Crippen LogP contribution is -2.28. The van der Waals surface area contributed by atoms with Crippen LogP contribution in [0.15, 0.2) is 21.4 Å². The maximum atomic E-state index is 12.6. The van der Waals surface area contributed by atoms with E-state index >= 15 is 0 Å².